The zero-order valence-corrected chi connectivity index (χ0v) is 7.42. The van der Waals surface area contributed by atoms with Gasteiger partial charge in [-0.2, -0.15) is 0 Å². The first kappa shape index (κ1) is 9.83. The van der Waals surface area contributed by atoms with E-state index in [0.29, 0.717) is 13.0 Å². The van der Waals surface area contributed by atoms with Gasteiger partial charge in [-0.3, -0.25) is 4.79 Å². The summed E-state index contributed by atoms with van der Waals surface area (Å²) in [6.45, 7) is 2.27. The van der Waals surface area contributed by atoms with Crippen LogP contribution in [0.4, 0.5) is 0 Å². The van der Waals surface area contributed by atoms with Crippen LogP contribution >= 0.6 is 0 Å². The summed E-state index contributed by atoms with van der Waals surface area (Å²) in [6.07, 6.45) is -0.196. The molecule has 0 bridgehead atoms. The maximum Gasteiger partial charge on any atom is 0.219 e. The first-order chi connectivity index (χ1) is 6.15. The van der Waals surface area contributed by atoms with E-state index in [1.54, 1.807) is 4.90 Å². The van der Waals surface area contributed by atoms with Gasteiger partial charge in [0.2, 0.25) is 5.91 Å². The number of piperidine rings is 1. The number of β-amino-alcohol motifs (C(OH)–C–C–N with tert-alkyl or cyclic N) is 1. The molecule has 1 heterocycles. The van der Waals surface area contributed by atoms with Crippen molar-refractivity contribution >= 4 is 5.91 Å². The predicted molar refractivity (Wildman–Crippen MR) is 45.8 cm³/mol. The predicted octanol–water partition coefficient (Wildman–Crippen LogP) is 0.278. The summed E-state index contributed by atoms with van der Waals surface area (Å²) in [5, 5.41) is 12.9. The van der Waals surface area contributed by atoms with Gasteiger partial charge in [0.25, 0.3) is 0 Å². The van der Waals surface area contributed by atoms with Gasteiger partial charge in [-0.05, 0) is 12.0 Å². The van der Waals surface area contributed by atoms with Crippen LogP contribution in [0, 0.1) is 0 Å². The molecule has 1 amide bonds. The third-order valence-corrected chi connectivity index (χ3v) is 2.19. The van der Waals surface area contributed by atoms with Crippen molar-refractivity contribution in [1.82, 2.24) is 4.90 Å². The Labute approximate surface area is 75.8 Å². The van der Waals surface area contributed by atoms with Crippen LogP contribution in [-0.2, 0) is 4.79 Å². The van der Waals surface area contributed by atoms with E-state index in [1.165, 1.54) is 6.92 Å². The summed E-state index contributed by atoms with van der Waals surface area (Å²) in [5.41, 5.74) is 8.18. The van der Waals surface area contributed by atoms with Crippen molar-refractivity contribution in [3.63, 3.8) is 0 Å². The third kappa shape index (κ3) is 2.34. The number of aliphatic hydroxyl groups excluding tert-OH is 1. The van der Waals surface area contributed by atoms with E-state index >= 15 is 0 Å². The Hall–Kier alpha value is -1.26. The fourth-order valence-corrected chi connectivity index (χ4v) is 1.41. The summed E-state index contributed by atoms with van der Waals surface area (Å²) < 4.78 is 0. The third-order valence-electron chi connectivity index (χ3n) is 2.19. The molecule has 0 aromatic heterocycles. The maximum absolute atomic E-state index is 10.9. The fourth-order valence-electron chi connectivity index (χ4n) is 1.41. The number of hydrogen-bond acceptors (Lipinski definition) is 3. The molecular weight excluding hydrogens is 172 g/mol. The highest BCUT2D eigenvalue weighted by Crippen LogP contribution is 2.14. The molecule has 1 saturated heterocycles. The van der Waals surface area contributed by atoms with Crippen LogP contribution in [0.1, 0.15) is 13.3 Å². The van der Waals surface area contributed by atoms with Crippen molar-refractivity contribution in [2.24, 2.45) is 5.11 Å². The van der Waals surface area contributed by atoms with E-state index in [2.05, 4.69) is 10.0 Å². The Kier molecular flexibility index (Phi) is 3.11. The molecule has 1 aliphatic heterocycles. The first-order valence-electron chi connectivity index (χ1n) is 4.13. The highest BCUT2D eigenvalue weighted by molar-refractivity contribution is 5.73. The van der Waals surface area contributed by atoms with E-state index in [9.17, 15) is 9.90 Å². The number of nitrogens with zero attached hydrogens (tertiary/aromatic N) is 4. The van der Waals surface area contributed by atoms with Crippen LogP contribution in [0.5, 0.6) is 0 Å². The number of carbonyl (C=O) groups is 1. The number of hydrogen-bond donors (Lipinski definition) is 1. The molecule has 13 heavy (non-hydrogen) atoms. The lowest BCUT2D eigenvalue weighted by Gasteiger charge is -2.33. The zero-order valence-electron chi connectivity index (χ0n) is 7.42. The van der Waals surface area contributed by atoms with Crippen LogP contribution < -0.4 is 0 Å². The van der Waals surface area contributed by atoms with Gasteiger partial charge in [0.15, 0.2) is 0 Å². The Morgan fingerprint density at radius 1 is 1.77 bits per heavy atom. The van der Waals surface area contributed by atoms with Crippen LogP contribution in [-0.4, -0.2) is 41.1 Å². The summed E-state index contributed by atoms with van der Waals surface area (Å²) in [5.74, 6) is -0.0570. The zero-order chi connectivity index (χ0) is 9.84. The van der Waals surface area contributed by atoms with E-state index in [0.717, 1.165) is 0 Å². The quantitative estimate of drug-likeness (QED) is 0.360. The van der Waals surface area contributed by atoms with E-state index in [-0.39, 0.29) is 18.5 Å². The molecule has 0 spiro atoms. The minimum Gasteiger partial charge on any atom is -0.391 e. The number of carbonyl (C=O) groups excluding carboxylic acids is 1. The largest absolute Gasteiger partial charge is 0.391 e. The summed E-state index contributed by atoms with van der Waals surface area (Å²) in [6, 6.07) is -0.388. The van der Waals surface area contributed by atoms with E-state index in [1.807, 2.05) is 0 Å². The number of aliphatic hydroxyl groups is 1. The van der Waals surface area contributed by atoms with Crippen molar-refractivity contribution < 1.29 is 9.90 Å². The molecule has 1 fully saturated rings. The van der Waals surface area contributed by atoms with Gasteiger partial charge < -0.3 is 10.0 Å². The average molecular weight is 184 g/mol. The molecule has 1 N–H and O–H groups in total. The molecule has 0 saturated carbocycles. The Morgan fingerprint density at radius 2 is 2.46 bits per heavy atom. The Bertz CT molecular complexity index is 249. The highest BCUT2D eigenvalue weighted by Gasteiger charge is 2.27. The molecule has 6 heteroatoms. The minimum atomic E-state index is -0.728. The number of likely N-dealkylation sites (tertiary alicyclic amines) is 1. The number of azide groups is 1. The van der Waals surface area contributed by atoms with Gasteiger partial charge in [-0.25, -0.2) is 0 Å². The molecular formula is C7H12N4O2. The van der Waals surface area contributed by atoms with Crippen molar-refractivity contribution in [2.75, 3.05) is 13.1 Å². The van der Waals surface area contributed by atoms with Gasteiger partial charge in [-0.15, -0.1) is 0 Å². The molecule has 0 radical (unpaired) electrons. The van der Waals surface area contributed by atoms with E-state index in [4.69, 9.17) is 5.53 Å². The second-order valence-electron chi connectivity index (χ2n) is 3.09. The molecule has 0 aromatic rings. The molecule has 0 aromatic carbocycles. The smallest absolute Gasteiger partial charge is 0.219 e. The highest BCUT2D eigenvalue weighted by atomic mass is 16.3. The van der Waals surface area contributed by atoms with Gasteiger partial charge in [0.05, 0.1) is 12.1 Å². The molecule has 1 aliphatic rings. The maximum atomic E-state index is 10.9. The fraction of sp³-hybridized carbons (Fsp3) is 0.857. The van der Waals surface area contributed by atoms with Crippen LogP contribution in [0.3, 0.4) is 0 Å². The van der Waals surface area contributed by atoms with Gasteiger partial charge in [0.1, 0.15) is 0 Å². The SMILES string of the molecule is CC(=O)N1CCC(N=[N+]=[N-])C(O)C1. The normalized spacial score (nSPS) is 28.0. The van der Waals surface area contributed by atoms with Crippen molar-refractivity contribution in [2.45, 2.75) is 25.5 Å². The van der Waals surface area contributed by atoms with Crippen molar-refractivity contribution in [1.29, 1.82) is 0 Å². The molecule has 6 nitrogen and oxygen atoms in total. The molecule has 72 valence electrons. The van der Waals surface area contributed by atoms with Crippen LogP contribution in [0.2, 0.25) is 0 Å². The standard InChI is InChI=1S/C7H12N4O2/c1-5(12)11-3-2-6(9-10-8)7(13)4-11/h6-7,13H,2-4H2,1H3. The van der Waals surface area contributed by atoms with Crippen molar-refractivity contribution in [3.05, 3.63) is 10.4 Å². The Balaban J connectivity index is 2.56. The lowest BCUT2D eigenvalue weighted by atomic mass is 10.0. The summed E-state index contributed by atoms with van der Waals surface area (Å²) in [4.78, 5) is 15.1. The first-order valence-corrected chi connectivity index (χ1v) is 4.13. The lowest BCUT2D eigenvalue weighted by molar-refractivity contribution is -0.132. The second kappa shape index (κ2) is 4.11. The van der Waals surface area contributed by atoms with E-state index < -0.39 is 6.10 Å². The minimum absolute atomic E-state index is 0.0570. The molecule has 1 rings (SSSR count). The van der Waals surface area contributed by atoms with Gasteiger partial charge in [0, 0.05) is 24.9 Å². The molecule has 0 aliphatic carbocycles. The molecule has 2 atom stereocenters. The second-order valence-corrected chi connectivity index (χ2v) is 3.09. The lowest BCUT2D eigenvalue weighted by Crippen LogP contribution is -2.47. The van der Waals surface area contributed by atoms with Gasteiger partial charge >= 0.3 is 0 Å². The molecule has 2 unspecified atom stereocenters. The monoisotopic (exact) mass is 184 g/mol. The summed E-state index contributed by atoms with van der Waals surface area (Å²) >= 11 is 0. The van der Waals surface area contributed by atoms with Gasteiger partial charge in [-0.1, -0.05) is 5.11 Å². The van der Waals surface area contributed by atoms with Crippen molar-refractivity contribution in [3.8, 4) is 0 Å². The topological polar surface area (TPSA) is 89.3 Å². The number of rotatable bonds is 1. The van der Waals surface area contributed by atoms with Crippen LogP contribution in [0.25, 0.3) is 10.4 Å². The summed E-state index contributed by atoms with van der Waals surface area (Å²) in [7, 11) is 0. The number of amides is 1. The average Bonchev–Trinajstić information content (AvgIpc) is 2.08. The Morgan fingerprint density at radius 3 is 2.92 bits per heavy atom. The van der Waals surface area contributed by atoms with Crippen LogP contribution in [0.15, 0.2) is 5.11 Å².